The van der Waals surface area contributed by atoms with Crippen LogP contribution in [0, 0.1) is 0 Å². The molecule has 0 saturated heterocycles. The van der Waals surface area contributed by atoms with Crippen LogP contribution in [0.25, 0.3) is 0 Å². The van der Waals surface area contributed by atoms with Crippen molar-refractivity contribution in [2.24, 2.45) is 0 Å². The molecule has 0 aromatic carbocycles. The molecule has 0 rings (SSSR count). The molecule has 0 amide bonds. The summed E-state index contributed by atoms with van der Waals surface area (Å²) in [6.45, 7) is 3.33. The van der Waals surface area contributed by atoms with Gasteiger partial charge >= 0.3 is 0 Å². The second kappa shape index (κ2) is 17.5. The van der Waals surface area contributed by atoms with Gasteiger partial charge in [0.15, 0.2) is 0 Å². The van der Waals surface area contributed by atoms with Gasteiger partial charge in [-0.3, -0.25) is 4.79 Å². The molecule has 0 radical (unpaired) electrons. The molecule has 17 heavy (non-hydrogen) atoms. The summed E-state index contributed by atoms with van der Waals surface area (Å²) >= 11 is 0. The maximum Gasteiger partial charge on any atom is 0.300 e. The zero-order valence-corrected chi connectivity index (χ0v) is 11.4. The van der Waals surface area contributed by atoms with Crippen LogP contribution < -0.4 is 0 Å². The topological polar surface area (TPSA) is 54.4 Å². The number of hydrogen-bond acceptors (Lipinski definition) is 2. The minimum Gasteiger partial charge on any atom is -0.481 e. The van der Waals surface area contributed by atoms with Crippen molar-refractivity contribution in [1.29, 1.82) is 0 Å². The van der Waals surface area contributed by atoms with Crippen molar-refractivity contribution in [3.05, 3.63) is 0 Å². The lowest BCUT2D eigenvalue weighted by Gasteiger charge is -1.99. The summed E-state index contributed by atoms with van der Waals surface area (Å²) < 4.78 is 0. The number of rotatable bonds is 10. The van der Waals surface area contributed by atoms with Gasteiger partial charge in [0.25, 0.3) is 5.97 Å². The lowest BCUT2D eigenvalue weighted by molar-refractivity contribution is -0.134. The van der Waals surface area contributed by atoms with E-state index in [1.165, 1.54) is 51.4 Å². The summed E-state index contributed by atoms with van der Waals surface area (Å²) in [5.74, 6) is -0.833. The largest absolute Gasteiger partial charge is 0.481 e. The van der Waals surface area contributed by atoms with Gasteiger partial charge in [-0.05, 0) is 6.42 Å². The van der Waals surface area contributed by atoms with E-state index in [9.17, 15) is 4.79 Å². The Morgan fingerprint density at radius 3 is 1.65 bits per heavy atom. The van der Waals surface area contributed by atoms with Crippen molar-refractivity contribution in [1.82, 2.24) is 0 Å². The Hall–Kier alpha value is -0.860. The van der Waals surface area contributed by atoms with Crippen molar-refractivity contribution in [3.63, 3.8) is 0 Å². The SMILES string of the molecule is CC(=O)O.CCCCCCCCCCCC=O. The molecule has 0 aliphatic carbocycles. The molecular formula is C14H28O3. The zero-order valence-electron chi connectivity index (χ0n) is 11.4. The molecule has 0 fully saturated rings. The summed E-state index contributed by atoms with van der Waals surface area (Å²) in [5.41, 5.74) is 0. The van der Waals surface area contributed by atoms with E-state index >= 15 is 0 Å². The van der Waals surface area contributed by atoms with Crippen LogP contribution in [-0.4, -0.2) is 17.4 Å². The maximum absolute atomic E-state index is 10.0. The van der Waals surface area contributed by atoms with Crippen LogP contribution in [0.2, 0.25) is 0 Å². The summed E-state index contributed by atoms with van der Waals surface area (Å²) in [4.78, 5) is 19.0. The first-order chi connectivity index (χ1) is 8.15. The van der Waals surface area contributed by atoms with Gasteiger partial charge in [0.05, 0.1) is 0 Å². The molecule has 3 nitrogen and oxygen atoms in total. The molecule has 1 N–H and O–H groups in total. The minimum absolute atomic E-state index is 0.760. The molecule has 0 aromatic heterocycles. The fourth-order valence-electron chi connectivity index (χ4n) is 1.54. The van der Waals surface area contributed by atoms with Gasteiger partial charge in [0.2, 0.25) is 0 Å². The van der Waals surface area contributed by atoms with Gasteiger partial charge in [-0.25, -0.2) is 0 Å². The van der Waals surface area contributed by atoms with Gasteiger partial charge in [-0.2, -0.15) is 0 Å². The highest BCUT2D eigenvalue weighted by atomic mass is 16.4. The number of unbranched alkanes of at least 4 members (excludes halogenated alkanes) is 9. The zero-order chi connectivity index (χ0) is 13.4. The molecule has 0 spiro atoms. The Bertz CT molecular complexity index is 163. The Labute approximate surface area is 106 Å². The highest BCUT2D eigenvalue weighted by molar-refractivity contribution is 5.62. The molecule has 3 heteroatoms. The van der Waals surface area contributed by atoms with Crippen molar-refractivity contribution < 1.29 is 14.7 Å². The molecule has 0 aliphatic heterocycles. The van der Waals surface area contributed by atoms with E-state index in [1.54, 1.807) is 0 Å². The molecule has 0 aliphatic rings. The third-order valence-corrected chi connectivity index (χ3v) is 2.43. The maximum atomic E-state index is 10.0. The Kier molecular flexibility index (Phi) is 19.1. The summed E-state index contributed by atoms with van der Waals surface area (Å²) in [6, 6.07) is 0. The van der Waals surface area contributed by atoms with Crippen molar-refractivity contribution >= 4 is 12.3 Å². The van der Waals surface area contributed by atoms with Gasteiger partial charge in [-0.15, -0.1) is 0 Å². The number of carboxylic acids is 1. The summed E-state index contributed by atoms with van der Waals surface area (Å²) in [7, 11) is 0. The number of aldehydes is 1. The van der Waals surface area contributed by atoms with Crippen LogP contribution in [0.1, 0.15) is 78.1 Å². The first-order valence-electron chi connectivity index (χ1n) is 6.78. The van der Waals surface area contributed by atoms with Crippen LogP contribution in [0.5, 0.6) is 0 Å². The van der Waals surface area contributed by atoms with Crippen molar-refractivity contribution in [2.45, 2.75) is 78.1 Å². The van der Waals surface area contributed by atoms with E-state index in [2.05, 4.69) is 6.92 Å². The minimum atomic E-state index is -0.833. The Morgan fingerprint density at radius 2 is 1.29 bits per heavy atom. The quantitative estimate of drug-likeness (QED) is 0.463. The van der Waals surface area contributed by atoms with Crippen LogP contribution in [-0.2, 0) is 9.59 Å². The number of carbonyl (C=O) groups is 2. The van der Waals surface area contributed by atoms with Gasteiger partial charge in [-0.1, -0.05) is 58.3 Å². The van der Waals surface area contributed by atoms with E-state index in [1.807, 2.05) is 0 Å². The predicted molar refractivity (Wildman–Crippen MR) is 71.2 cm³/mol. The van der Waals surface area contributed by atoms with Crippen LogP contribution in [0.4, 0.5) is 0 Å². The van der Waals surface area contributed by atoms with Gasteiger partial charge in [0.1, 0.15) is 6.29 Å². The molecule has 0 saturated carbocycles. The van der Waals surface area contributed by atoms with E-state index in [0.717, 1.165) is 26.1 Å². The molecule has 0 atom stereocenters. The second-order valence-electron chi connectivity index (χ2n) is 4.30. The average molecular weight is 244 g/mol. The highest BCUT2D eigenvalue weighted by Crippen LogP contribution is 2.09. The molecule has 0 heterocycles. The Balaban J connectivity index is 0. The third kappa shape index (κ3) is 31.3. The molecule has 0 bridgehead atoms. The molecule has 0 unspecified atom stereocenters. The Morgan fingerprint density at radius 1 is 0.941 bits per heavy atom. The predicted octanol–water partition coefficient (Wildman–Crippen LogP) is 4.20. The van der Waals surface area contributed by atoms with E-state index in [4.69, 9.17) is 9.90 Å². The molecular weight excluding hydrogens is 216 g/mol. The van der Waals surface area contributed by atoms with Crippen LogP contribution in [0.3, 0.4) is 0 Å². The first kappa shape index (κ1) is 18.5. The van der Waals surface area contributed by atoms with E-state index < -0.39 is 5.97 Å². The standard InChI is InChI=1S/C12H24O.C2H4O2/c1-2-3-4-5-6-7-8-9-10-11-12-13;1-2(3)4/h12H,2-11H2,1H3;1H3,(H,3,4). The number of carboxylic acid groups (broad SMARTS) is 1. The smallest absolute Gasteiger partial charge is 0.300 e. The van der Waals surface area contributed by atoms with Gasteiger partial charge < -0.3 is 9.90 Å². The van der Waals surface area contributed by atoms with Crippen molar-refractivity contribution in [2.75, 3.05) is 0 Å². The summed E-state index contributed by atoms with van der Waals surface area (Å²) in [5, 5.41) is 7.42. The fraction of sp³-hybridized carbons (Fsp3) is 0.857. The third-order valence-electron chi connectivity index (χ3n) is 2.43. The van der Waals surface area contributed by atoms with Gasteiger partial charge in [0, 0.05) is 13.3 Å². The summed E-state index contributed by atoms with van der Waals surface area (Å²) in [6.07, 6.45) is 13.7. The first-order valence-corrected chi connectivity index (χ1v) is 6.78. The lowest BCUT2D eigenvalue weighted by atomic mass is 10.1. The van der Waals surface area contributed by atoms with Crippen LogP contribution in [0.15, 0.2) is 0 Å². The molecule has 102 valence electrons. The van der Waals surface area contributed by atoms with Crippen molar-refractivity contribution in [3.8, 4) is 0 Å². The second-order valence-corrected chi connectivity index (χ2v) is 4.30. The fourth-order valence-corrected chi connectivity index (χ4v) is 1.54. The lowest BCUT2D eigenvalue weighted by Crippen LogP contribution is -1.81. The normalized spacial score (nSPS) is 9.29. The van der Waals surface area contributed by atoms with E-state index in [-0.39, 0.29) is 0 Å². The number of hydrogen-bond donors (Lipinski definition) is 1. The number of carbonyl (C=O) groups excluding carboxylic acids is 1. The number of aliphatic carboxylic acids is 1. The average Bonchev–Trinajstić information content (AvgIpc) is 2.26. The van der Waals surface area contributed by atoms with Crippen LogP contribution >= 0.6 is 0 Å². The molecule has 0 aromatic rings. The van der Waals surface area contributed by atoms with E-state index in [0.29, 0.717) is 0 Å². The monoisotopic (exact) mass is 244 g/mol. The highest BCUT2D eigenvalue weighted by Gasteiger charge is 1.91.